The molecule has 2 aromatic carbocycles. The van der Waals surface area contributed by atoms with Gasteiger partial charge in [0.15, 0.2) is 0 Å². The van der Waals surface area contributed by atoms with Crippen LogP contribution in [0.1, 0.15) is 18.5 Å². The average Bonchev–Trinajstić information content (AvgIpc) is 2.53. The quantitative estimate of drug-likeness (QED) is 0.843. The molecular weight excluding hydrogens is 328 g/mol. The lowest BCUT2D eigenvalue weighted by molar-refractivity contribution is -0.174. The van der Waals surface area contributed by atoms with Crippen LogP contribution < -0.4 is 10.5 Å². The summed E-state index contributed by atoms with van der Waals surface area (Å²) in [6.07, 6.45) is 0. The molecule has 0 saturated heterocycles. The van der Waals surface area contributed by atoms with Crippen LogP contribution in [0, 0.1) is 0 Å². The topological polar surface area (TPSA) is 61.5 Å². The van der Waals surface area contributed by atoms with Gasteiger partial charge in [-0.15, -0.1) is 12.4 Å². The minimum absolute atomic E-state index is 0. The molecule has 0 saturated carbocycles. The highest BCUT2D eigenvalue weighted by Crippen LogP contribution is 2.39. The SMILES string of the molecule is CCOC(=O)C(F)(F)[C@@H](N)c1c(OC)ccc2ccccc12.Cl. The molecule has 0 aliphatic heterocycles. The number of ether oxygens (including phenoxy) is 2. The second-order valence-corrected chi connectivity index (χ2v) is 4.72. The molecule has 126 valence electrons. The highest BCUT2D eigenvalue weighted by molar-refractivity contribution is 5.90. The number of carbonyl (C=O) groups excluding carboxylic acids is 1. The minimum atomic E-state index is -3.85. The van der Waals surface area contributed by atoms with Crippen molar-refractivity contribution < 1.29 is 23.0 Å². The van der Waals surface area contributed by atoms with Gasteiger partial charge in [-0.25, -0.2) is 4.79 Å². The summed E-state index contributed by atoms with van der Waals surface area (Å²) in [5.74, 6) is -5.29. The maximum Gasteiger partial charge on any atom is 0.379 e. The molecule has 0 amide bonds. The molecule has 0 aliphatic rings. The number of halogens is 3. The summed E-state index contributed by atoms with van der Waals surface area (Å²) >= 11 is 0. The van der Waals surface area contributed by atoms with E-state index in [9.17, 15) is 13.6 Å². The zero-order valence-electron chi connectivity index (χ0n) is 12.7. The molecule has 0 heterocycles. The van der Waals surface area contributed by atoms with Crippen molar-refractivity contribution in [3.05, 3.63) is 42.0 Å². The number of esters is 1. The van der Waals surface area contributed by atoms with E-state index in [-0.39, 0.29) is 30.3 Å². The summed E-state index contributed by atoms with van der Waals surface area (Å²) in [4.78, 5) is 11.5. The van der Waals surface area contributed by atoms with E-state index >= 15 is 0 Å². The molecule has 23 heavy (non-hydrogen) atoms. The monoisotopic (exact) mass is 345 g/mol. The van der Waals surface area contributed by atoms with Crippen LogP contribution >= 0.6 is 12.4 Å². The predicted molar refractivity (Wildman–Crippen MR) is 86.3 cm³/mol. The Bertz CT molecular complexity index is 694. The van der Waals surface area contributed by atoms with Crippen LogP contribution in [0.5, 0.6) is 5.75 Å². The average molecular weight is 346 g/mol. The van der Waals surface area contributed by atoms with E-state index in [1.54, 1.807) is 36.4 Å². The molecule has 2 aromatic rings. The number of benzene rings is 2. The number of hydrogen-bond donors (Lipinski definition) is 1. The van der Waals surface area contributed by atoms with Gasteiger partial charge >= 0.3 is 11.9 Å². The first-order valence-corrected chi connectivity index (χ1v) is 6.79. The highest BCUT2D eigenvalue weighted by atomic mass is 35.5. The smallest absolute Gasteiger partial charge is 0.379 e. The van der Waals surface area contributed by atoms with Crippen LogP contribution in [0.4, 0.5) is 8.78 Å². The third-order valence-electron chi connectivity index (χ3n) is 3.40. The molecule has 0 fully saturated rings. The fraction of sp³-hybridized carbons (Fsp3) is 0.312. The molecule has 0 aromatic heterocycles. The molecular formula is C16H18ClF2NO3. The lowest BCUT2D eigenvalue weighted by Crippen LogP contribution is -2.42. The van der Waals surface area contributed by atoms with Crippen LogP contribution in [-0.4, -0.2) is 25.6 Å². The summed E-state index contributed by atoms with van der Waals surface area (Å²) in [5, 5.41) is 1.24. The molecule has 7 heteroatoms. The summed E-state index contributed by atoms with van der Waals surface area (Å²) in [6.45, 7) is 1.31. The van der Waals surface area contributed by atoms with Crippen molar-refractivity contribution in [2.75, 3.05) is 13.7 Å². The number of nitrogens with two attached hydrogens (primary N) is 1. The van der Waals surface area contributed by atoms with Crippen LogP contribution in [0.3, 0.4) is 0 Å². The van der Waals surface area contributed by atoms with Crippen molar-refractivity contribution in [3.8, 4) is 5.75 Å². The molecule has 0 bridgehead atoms. The van der Waals surface area contributed by atoms with Crippen LogP contribution in [-0.2, 0) is 9.53 Å². The van der Waals surface area contributed by atoms with E-state index in [1.165, 1.54) is 14.0 Å². The standard InChI is InChI=1S/C16H17F2NO3.ClH/c1-3-22-15(20)16(17,18)14(19)13-11-7-5-4-6-10(11)8-9-12(13)21-2;/h4-9,14H,3,19H2,1-2H3;1H/t14-;/m0./s1. The van der Waals surface area contributed by atoms with Crippen molar-refractivity contribution in [3.63, 3.8) is 0 Å². The molecule has 0 unspecified atom stereocenters. The van der Waals surface area contributed by atoms with Gasteiger partial charge in [-0.1, -0.05) is 30.3 Å². The predicted octanol–water partition coefficient (Wildman–Crippen LogP) is 3.47. The lowest BCUT2D eigenvalue weighted by atomic mass is 9.94. The van der Waals surface area contributed by atoms with Crippen LogP contribution in [0.2, 0.25) is 0 Å². The van der Waals surface area contributed by atoms with E-state index in [2.05, 4.69) is 4.74 Å². The van der Waals surface area contributed by atoms with Gasteiger partial charge in [0.2, 0.25) is 0 Å². The van der Waals surface area contributed by atoms with Gasteiger partial charge in [-0.2, -0.15) is 8.78 Å². The number of alkyl halides is 2. The van der Waals surface area contributed by atoms with E-state index in [0.29, 0.717) is 5.39 Å². The van der Waals surface area contributed by atoms with E-state index in [4.69, 9.17) is 10.5 Å². The van der Waals surface area contributed by atoms with Crippen molar-refractivity contribution in [2.45, 2.75) is 18.9 Å². The maximum absolute atomic E-state index is 14.3. The Balaban J connectivity index is 0.00000264. The van der Waals surface area contributed by atoms with Crippen LogP contribution in [0.25, 0.3) is 10.8 Å². The fourth-order valence-corrected chi connectivity index (χ4v) is 2.31. The lowest BCUT2D eigenvalue weighted by Gasteiger charge is -2.24. The third-order valence-corrected chi connectivity index (χ3v) is 3.40. The zero-order chi connectivity index (χ0) is 16.3. The van der Waals surface area contributed by atoms with Gasteiger partial charge in [0.1, 0.15) is 11.8 Å². The third kappa shape index (κ3) is 3.54. The van der Waals surface area contributed by atoms with Crippen molar-refractivity contribution in [1.82, 2.24) is 0 Å². The molecule has 0 radical (unpaired) electrons. The summed E-state index contributed by atoms with van der Waals surface area (Å²) < 4.78 is 38.1. The van der Waals surface area contributed by atoms with Gasteiger partial charge in [0.05, 0.1) is 13.7 Å². The molecule has 1 atom stereocenters. The van der Waals surface area contributed by atoms with Crippen molar-refractivity contribution >= 4 is 29.1 Å². The first kappa shape index (κ1) is 19.1. The fourth-order valence-electron chi connectivity index (χ4n) is 2.31. The Hall–Kier alpha value is -1.92. The number of methoxy groups -OCH3 is 1. The number of carbonyl (C=O) groups is 1. The van der Waals surface area contributed by atoms with Crippen LogP contribution in [0.15, 0.2) is 36.4 Å². The Morgan fingerprint density at radius 3 is 2.52 bits per heavy atom. The normalized spacial score (nSPS) is 12.4. The van der Waals surface area contributed by atoms with Gasteiger partial charge < -0.3 is 15.2 Å². The molecule has 0 spiro atoms. The number of rotatable bonds is 5. The highest BCUT2D eigenvalue weighted by Gasteiger charge is 2.49. The maximum atomic E-state index is 14.3. The second kappa shape index (κ2) is 7.57. The summed E-state index contributed by atoms with van der Waals surface area (Å²) in [5.41, 5.74) is 5.80. The minimum Gasteiger partial charge on any atom is -0.496 e. The Morgan fingerprint density at radius 1 is 1.26 bits per heavy atom. The first-order chi connectivity index (χ1) is 10.4. The molecule has 2 N–H and O–H groups in total. The van der Waals surface area contributed by atoms with E-state index in [0.717, 1.165) is 5.39 Å². The zero-order valence-corrected chi connectivity index (χ0v) is 13.5. The first-order valence-electron chi connectivity index (χ1n) is 6.79. The molecule has 4 nitrogen and oxygen atoms in total. The van der Waals surface area contributed by atoms with E-state index in [1.807, 2.05) is 0 Å². The van der Waals surface area contributed by atoms with Gasteiger partial charge in [0.25, 0.3) is 0 Å². The summed E-state index contributed by atoms with van der Waals surface area (Å²) in [7, 11) is 1.36. The Kier molecular flexibility index (Phi) is 6.29. The van der Waals surface area contributed by atoms with E-state index < -0.39 is 17.9 Å². The largest absolute Gasteiger partial charge is 0.496 e. The second-order valence-electron chi connectivity index (χ2n) is 4.72. The number of fused-ring (bicyclic) bond motifs is 1. The van der Waals surface area contributed by atoms with Gasteiger partial charge in [0, 0.05) is 5.56 Å². The molecule has 0 aliphatic carbocycles. The summed E-state index contributed by atoms with van der Waals surface area (Å²) in [6, 6.07) is 8.36. The molecule has 2 rings (SSSR count). The van der Waals surface area contributed by atoms with Crippen molar-refractivity contribution in [1.29, 1.82) is 0 Å². The Morgan fingerprint density at radius 2 is 1.91 bits per heavy atom. The number of hydrogen-bond acceptors (Lipinski definition) is 4. The van der Waals surface area contributed by atoms with Gasteiger partial charge in [-0.05, 0) is 23.8 Å². The van der Waals surface area contributed by atoms with Crippen molar-refractivity contribution in [2.24, 2.45) is 5.73 Å². The Labute approximate surface area is 139 Å². The van der Waals surface area contributed by atoms with Gasteiger partial charge in [-0.3, -0.25) is 0 Å².